The van der Waals surface area contributed by atoms with E-state index in [1.54, 1.807) is 6.07 Å². The summed E-state index contributed by atoms with van der Waals surface area (Å²) in [5.74, 6) is -0.365. The number of carbonyl (C=O) groups is 2. The van der Waals surface area contributed by atoms with Crippen molar-refractivity contribution in [1.82, 2.24) is 14.5 Å². The molecule has 4 aromatic rings. The third-order valence-corrected chi connectivity index (χ3v) is 9.76. The van der Waals surface area contributed by atoms with E-state index in [1.165, 1.54) is 17.2 Å². The van der Waals surface area contributed by atoms with Crippen LogP contribution in [-0.4, -0.2) is 60.3 Å². The summed E-state index contributed by atoms with van der Waals surface area (Å²) in [6, 6.07) is 17.3. The molecule has 1 N–H and O–H groups in total. The van der Waals surface area contributed by atoms with E-state index in [-0.39, 0.29) is 32.8 Å². The van der Waals surface area contributed by atoms with Gasteiger partial charge in [0, 0.05) is 42.1 Å². The van der Waals surface area contributed by atoms with Crippen molar-refractivity contribution in [2.24, 2.45) is 0 Å². The third-order valence-electron chi connectivity index (χ3n) is 8.64. The van der Waals surface area contributed by atoms with Crippen LogP contribution in [0, 0.1) is 12.7 Å². The summed E-state index contributed by atoms with van der Waals surface area (Å²) in [5, 5.41) is 13.9. The number of halogens is 1. The minimum absolute atomic E-state index is 0.00686. The number of amides is 1. The van der Waals surface area contributed by atoms with Crippen LogP contribution in [0.3, 0.4) is 0 Å². The smallest absolute Gasteiger partial charge is 0.265 e. The van der Waals surface area contributed by atoms with Crippen LogP contribution in [-0.2, 0) is 12.8 Å². The molecule has 2 radical (unpaired) electrons. The lowest BCUT2D eigenvalue weighted by atomic mass is 9.92. The second kappa shape index (κ2) is 10.8. The number of fused-ring (bicyclic) bond motifs is 2. The third kappa shape index (κ3) is 4.92. The molecule has 1 unspecified atom stereocenters. The van der Waals surface area contributed by atoms with Crippen LogP contribution in [0.2, 0.25) is 5.54 Å². The summed E-state index contributed by atoms with van der Waals surface area (Å²) in [6.45, 7) is 8.06. The van der Waals surface area contributed by atoms with Gasteiger partial charge in [-0.25, -0.2) is 8.91 Å². The number of rotatable bonds is 6. The van der Waals surface area contributed by atoms with Crippen molar-refractivity contribution in [2.45, 2.75) is 51.6 Å². The van der Waals surface area contributed by atoms with Crippen molar-refractivity contribution in [3.05, 3.63) is 88.4 Å². The molecule has 9 heteroatoms. The van der Waals surface area contributed by atoms with Crippen molar-refractivity contribution in [1.29, 1.82) is 0 Å². The fourth-order valence-electron chi connectivity index (χ4n) is 6.35. The van der Waals surface area contributed by atoms with Gasteiger partial charge in [-0.1, -0.05) is 31.2 Å². The maximum absolute atomic E-state index is 15.5. The summed E-state index contributed by atoms with van der Waals surface area (Å²) >= 11 is 0. The molecule has 1 fully saturated rings. The lowest BCUT2D eigenvalue weighted by molar-refractivity contribution is 0.0676. The predicted molar refractivity (Wildman–Crippen MR) is 159 cm³/mol. The lowest BCUT2D eigenvalue weighted by Crippen LogP contribution is -2.39. The van der Waals surface area contributed by atoms with Gasteiger partial charge >= 0.3 is 0 Å². The highest BCUT2D eigenvalue weighted by atomic mass is 28.2. The average molecular weight is 569 g/mol. The lowest BCUT2D eigenvalue weighted by Gasteiger charge is -2.35. The molecule has 2 aromatic carbocycles. The van der Waals surface area contributed by atoms with Gasteiger partial charge in [0.1, 0.15) is 5.82 Å². The Kier molecular flexibility index (Phi) is 7.15. The maximum Gasteiger partial charge on any atom is 0.265 e. The first-order valence-corrected chi connectivity index (χ1v) is 15.3. The van der Waals surface area contributed by atoms with E-state index in [4.69, 9.17) is 10.2 Å². The molecule has 1 saturated heterocycles. The van der Waals surface area contributed by atoms with Crippen molar-refractivity contribution < 1.29 is 19.1 Å². The van der Waals surface area contributed by atoms with Gasteiger partial charge in [0.25, 0.3) is 11.5 Å². The van der Waals surface area contributed by atoms with Crippen LogP contribution in [0.25, 0.3) is 16.8 Å². The van der Waals surface area contributed by atoms with Crippen LogP contribution in [0.1, 0.15) is 59.1 Å². The molecule has 0 saturated carbocycles. The van der Waals surface area contributed by atoms with Gasteiger partial charge in [-0.3, -0.25) is 9.59 Å². The highest BCUT2D eigenvalue weighted by molar-refractivity contribution is 6.72. The first kappa shape index (κ1) is 27.2. The number of hydrogen-bond donors (Lipinski definition) is 1. The van der Waals surface area contributed by atoms with Crippen LogP contribution in [0.4, 0.5) is 14.9 Å². The van der Waals surface area contributed by atoms with Crippen molar-refractivity contribution in [3.8, 4) is 11.3 Å². The molecule has 7 nitrogen and oxygen atoms in total. The van der Waals surface area contributed by atoms with Gasteiger partial charge in [0.2, 0.25) is 0 Å². The molecule has 2 aliphatic rings. The fourth-order valence-corrected chi connectivity index (χ4v) is 7.28. The number of aromatic nitrogens is 2. The van der Waals surface area contributed by atoms with E-state index in [0.717, 1.165) is 41.8 Å². The van der Waals surface area contributed by atoms with Gasteiger partial charge in [-0.05, 0) is 85.7 Å². The summed E-state index contributed by atoms with van der Waals surface area (Å²) in [6.07, 6.45) is 2.30. The molecular formula is C32H33FN4O3Si. The Morgan fingerprint density at radius 2 is 1.93 bits per heavy atom. The number of carbonyl (C=O) groups excluding carboxylic acids is 1. The van der Waals surface area contributed by atoms with Gasteiger partial charge in [0.05, 0.1) is 17.3 Å². The Morgan fingerprint density at radius 1 is 1.12 bits per heavy atom. The molecule has 41 heavy (non-hydrogen) atoms. The average Bonchev–Trinajstić information content (AvgIpc) is 3.61. The first-order chi connectivity index (χ1) is 19.7. The van der Waals surface area contributed by atoms with E-state index < -0.39 is 5.59 Å². The number of pyridine rings is 1. The largest absolute Gasteiger partial charge is 0.486 e. The van der Waals surface area contributed by atoms with Gasteiger partial charge in [-0.15, -0.1) is 0 Å². The zero-order chi connectivity index (χ0) is 28.8. The Labute approximate surface area is 241 Å². The van der Waals surface area contributed by atoms with Crippen LogP contribution in [0.5, 0.6) is 0 Å². The second-order valence-electron chi connectivity index (χ2n) is 11.0. The topological polar surface area (TPSA) is 78.2 Å². The molecule has 1 amide bonds. The maximum atomic E-state index is 15.5. The molecule has 6 rings (SSSR count). The van der Waals surface area contributed by atoms with E-state index in [9.17, 15) is 9.59 Å². The zero-order valence-electron chi connectivity index (χ0n) is 23.5. The fraction of sp³-hybridized carbons (Fsp3) is 0.344. The molecule has 2 atom stereocenters. The Hall–Kier alpha value is -3.98. The number of aryl methyl sites for hydroxylation is 2. The monoisotopic (exact) mass is 568 g/mol. The second-order valence-corrected chi connectivity index (χ2v) is 12.6. The first-order valence-electron chi connectivity index (χ1n) is 14.2. The molecule has 0 spiro atoms. The van der Waals surface area contributed by atoms with Gasteiger partial charge in [-0.2, -0.15) is 5.10 Å². The molecule has 210 valence electrons. The predicted octanol–water partition coefficient (Wildman–Crippen LogP) is 6.15. The quantitative estimate of drug-likeness (QED) is 0.282. The molecule has 0 aliphatic carbocycles. The van der Waals surface area contributed by atoms with Crippen molar-refractivity contribution >= 4 is 32.2 Å². The summed E-state index contributed by atoms with van der Waals surface area (Å²) < 4.78 is 17.3. The van der Waals surface area contributed by atoms with Crippen molar-refractivity contribution in [2.75, 3.05) is 24.5 Å². The minimum atomic E-state index is -0.771. The Bertz CT molecular complexity index is 1670. The highest BCUT2D eigenvalue weighted by Gasteiger charge is 2.30. The zero-order valence-corrected chi connectivity index (χ0v) is 24.5. The number of nitrogens with zero attached hydrogens (tertiary/aromatic N) is 4. The summed E-state index contributed by atoms with van der Waals surface area (Å²) in [7, 11) is -0.133. The van der Waals surface area contributed by atoms with E-state index >= 15 is 4.39 Å². The Morgan fingerprint density at radius 3 is 2.68 bits per heavy atom. The SMILES string of the molecule is CCc1cc(C(=O)N2CCc3ccccc3[C@H]2C)c(C)c2cc(-c3ccc(N4CCC([Si]C(=O)O)C4)cc3F)nn12. The van der Waals surface area contributed by atoms with Crippen LogP contribution >= 0.6 is 0 Å². The van der Waals surface area contributed by atoms with Crippen molar-refractivity contribution in [3.63, 3.8) is 0 Å². The van der Waals surface area contributed by atoms with E-state index in [1.807, 2.05) is 58.5 Å². The molecular weight excluding hydrogens is 535 g/mol. The molecule has 2 aromatic heterocycles. The standard InChI is InChI=1S/C32H33FN4O3Si/c1-4-22-15-27(31(38)36-14-11-21-7-5-6-8-25(21)20(36)3)19(2)30-17-29(34-37(22)30)26-10-9-23(16-28(26)33)35-13-12-24(18-35)41-32(39)40/h5-10,15-17,20,24H,4,11-14,18H2,1-3H3,(H,39,40)/t20-,24?/m1/s1. The molecule has 2 aliphatic heterocycles. The number of carboxylic acid groups (broad SMARTS) is 1. The highest BCUT2D eigenvalue weighted by Crippen LogP contribution is 2.34. The summed E-state index contributed by atoms with van der Waals surface area (Å²) in [5.41, 5.74) is 6.67. The Balaban J connectivity index is 1.31. The van der Waals surface area contributed by atoms with Crippen LogP contribution in [0.15, 0.2) is 54.6 Å². The van der Waals surface area contributed by atoms with Gasteiger partial charge in [0.15, 0.2) is 9.52 Å². The summed E-state index contributed by atoms with van der Waals surface area (Å²) in [4.78, 5) is 29.0. The van der Waals surface area contributed by atoms with E-state index in [0.29, 0.717) is 36.3 Å². The van der Waals surface area contributed by atoms with Gasteiger partial charge < -0.3 is 14.9 Å². The normalized spacial score (nSPS) is 18.6. The van der Waals surface area contributed by atoms with Crippen LogP contribution < -0.4 is 4.90 Å². The number of hydrogen-bond acceptors (Lipinski definition) is 4. The molecule has 0 bridgehead atoms. The minimum Gasteiger partial charge on any atom is -0.486 e. The number of anilines is 1. The number of benzene rings is 2. The van der Waals surface area contributed by atoms with E-state index in [2.05, 4.69) is 19.1 Å². The molecule has 4 heterocycles.